The molecule has 0 saturated heterocycles. The lowest BCUT2D eigenvalue weighted by atomic mass is 9.75. The lowest BCUT2D eigenvalue weighted by Crippen LogP contribution is -2.55. The molecule has 0 spiro atoms. The second-order valence-electron chi connectivity index (χ2n) is 8.57. The number of nitrogen functional groups attached to an aromatic ring is 1. The number of benzene rings is 2. The first-order valence-corrected chi connectivity index (χ1v) is 11.4. The number of carbonyl (C=O) groups is 1. The molecule has 2 aromatic carbocycles. The minimum absolute atomic E-state index is 0.0599. The van der Waals surface area contributed by atoms with Crippen LogP contribution in [0.4, 0.5) is 24.5 Å². The predicted molar refractivity (Wildman–Crippen MR) is 126 cm³/mol. The third-order valence-corrected chi connectivity index (χ3v) is 6.99. The van der Waals surface area contributed by atoms with E-state index < -0.39 is 35.6 Å². The molecule has 186 valence electrons. The number of nitrogens with two attached hydrogens (primary N) is 1. The van der Waals surface area contributed by atoms with Crippen molar-refractivity contribution in [2.75, 3.05) is 11.1 Å². The van der Waals surface area contributed by atoms with E-state index in [1.165, 1.54) is 31.2 Å². The van der Waals surface area contributed by atoms with Crippen LogP contribution >= 0.6 is 23.2 Å². The number of aryl methyl sites for hydroxylation is 1. The molecule has 0 aliphatic heterocycles. The van der Waals surface area contributed by atoms with Gasteiger partial charge < -0.3 is 20.7 Å². The maximum atomic E-state index is 14.2. The van der Waals surface area contributed by atoms with E-state index in [-0.39, 0.29) is 38.6 Å². The van der Waals surface area contributed by atoms with Crippen molar-refractivity contribution >= 4 is 51.3 Å². The quantitative estimate of drug-likeness (QED) is 0.403. The molecule has 12 heteroatoms. The molecule has 4 rings (SSSR count). The fraction of sp³-hybridized carbons (Fsp3) is 0.348. The number of nitrogens with zero attached hydrogens (tertiary/aromatic N) is 1. The SMILES string of the molecule is Cc1noc(=O)c2ccc(NC(=O)C(O)(CC3CCCc4c(Cl)cc(Cl)c(N)c43)C(F)(F)F)cc12. The normalized spacial score (nSPS) is 17.6. The molecular formula is C23H20Cl2F3N3O4. The van der Waals surface area contributed by atoms with Crippen LogP contribution in [0.3, 0.4) is 0 Å². The molecule has 1 heterocycles. The molecule has 35 heavy (non-hydrogen) atoms. The minimum Gasteiger partial charge on any atom is -0.397 e. The molecule has 0 radical (unpaired) electrons. The van der Waals surface area contributed by atoms with Crippen LogP contribution in [0.5, 0.6) is 0 Å². The summed E-state index contributed by atoms with van der Waals surface area (Å²) in [6.45, 7) is 1.53. The molecule has 7 nitrogen and oxygen atoms in total. The molecule has 1 aliphatic carbocycles. The third kappa shape index (κ3) is 4.46. The Morgan fingerprint density at radius 3 is 2.66 bits per heavy atom. The van der Waals surface area contributed by atoms with Crippen LogP contribution in [0.25, 0.3) is 10.8 Å². The van der Waals surface area contributed by atoms with Crippen molar-refractivity contribution in [3.05, 3.63) is 61.6 Å². The maximum absolute atomic E-state index is 14.2. The number of fused-ring (bicyclic) bond motifs is 2. The van der Waals surface area contributed by atoms with Crippen LogP contribution in [-0.4, -0.2) is 27.9 Å². The van der Waals surface area contributed by atoms with Gasteiger partial charge in [0.25, 0.3) is 5.91 Å². The number of halogens is 5. The first-order chi connectivity index (χ1) is 16.3. The average molecular weight is 530 g/mol. The van der Waals surface area contributed by atoms with Crippen LogP contribution in [0.15, 0.2) is 33.6 Å². The highest BCUT2D eigenvalue weighted by atomic mass is 35.5. The van der Waals surface area contributed by atoms with Gasteiger partial charge in [-0.15, -0.1) is 0 Å². The molecule has 2 unspecified atom stereocenters. The Morgan fingerprint density at radius 1 is 1.26 bits per heavy atom. The third-order valence-electron chi connectivity index (χ3n) is 6.34. The van der Waals surface area contributed by atoms with Crippen molar-refractivity contribution in [2.24, 2.45) is 0 Å². The number of hydrogen-bond acceptors (Lipinski definition) is 6. The summed E-state index contributed by atoms with van der Waals surface area (Å²) in [4.78, 5) is 24.7. The van der Waals surface area contributed by atoms with E-state index in [1.54, 1.807) is 0 Å². The molecule has 2 atom stereocenters. The lowest BCUT2D eigenvalue weighted by Gasteiger charge is -2.35. The summed E-state index contributed by atoms with van der Waals surface area (Å²) in [6.07, 6.45) is -5.06. The van der Waals surface area contributed by atoms with Crippen LogP contribution in [0, 0.1) is 6.92 Å². The molecule has 0 fully saturated rings. The number of hydrogen-bond donors (Lipinski definition) is 3. The Hall–Kier alpha value is -2.82. The molecular weight excluding hydrogens is 510 g/mol. The molecule has 4 N–H and O–H groups in total. The summed E-state index contributed by atoms with van der Waals surface area (Å²) in [7, 11) is 0. The molecule has 0 saturated carbocycles. The summed E-state index contributed by atoms with van der Waals surface area (Å²) >= 11 is 12.4. The van der Waals surface area contributed by atoms with Gasteiger partial charge in [-0.2, -0.15) is 13.2 Å². The van der Waals surface area contributed by atoms with E-state index in [1.807, 2.05) is 0 Å². The van der Waals surface area contributed by atoms with Gasteiger partial charge >= 0.3 is 11.8 Å². The summed E-state index contributed by atoms with van der Waals surface area (Å²) in [5.41, 5.74) is 2.80. The van der Waals surface area contributed by atoms with Crippen molar-refractivity contribution in [1.29, 1.82) is 0 Å². The highest BCUT2D eigenvalue weighted by Gasteiger charge is 2.60. The van der Waals surface area contributed by atoms with Gasteiger partial charge in [-0.25, -0.2) is 4.79 Å². The van der Waals surface area contributed by atoms with Crippen LogP contribution in [0.2, 0.25) is 10.0 Å². The highest BCUT2D eigenvalue weighted by molar-refractivity contribution is 6.37. The zero-order valence-electron chi connectivity index (χ0n) is 18.3. The number of anilines is 2. The Bertz CT molecular complexity index is 1390. The van der Waals surface area contributed by atoms with Crippen molar-refractivity contribution < 1.29 is 27.6 Å². The summed E-state index contributed by atoms with van der Waals surface area (Å²) in [5.74, 6) is -2.59. The van der Waals surface area contributed by atoms with Crippen LogP contribution < -0.4 is 16.7 Å². The standard InChI is InChI=1S/C23H20Cl2F3N3O4/c1-10-15-7-12(5-6-13(15)20(32)35-31-10)30-21(33)22(34,23(26,27)28)9-11-3-2-4-14-16(24)8-17(25)19(29)18(11)14/h5-8,11,34H,2-4,9,29H2,1H3,(H,30,33). The van der Waals surface area contributed by atoms with E-state index in [4.69, 9.17) is 28.9 Å². The number of rotatable bonds is 4. The zero-order chi connectivity index (χ0) is 25.7. The summed E-state index contributed by atoms with van der Waals surface area (Å²) in [5, 5.41) is 17.3. The van der Waals surface area contributed by atoms with Gasteiger partial charge in [0.15, 0.2) is 0 Å². The van der Waals surface area contributed by atoms with Gasteiger partial charge in [-0.1, -0.05) is 28.4 Å². The van der Waals surface area contributed by atoms with Crippen molar-refractivity contribution in [1.82, 2.24) is 5.16 Å². The smallest absolute Gasteiger partial charge is 0.397 e. The van der Waals surface area contributed by atoms with Gasteiger partial charge in [0, 0.05) is 22.5 Å². The maximum Gasteiger partial charge on any atom is 0.426 e. The Morgan fingerprint density at radius 2 is 1.97 bits per heavy atom. The van der Waals surface area contributed by atoms with E-state index >= 15 is 0 Å². The number of carbonyl (C=O) groups excluding carboxylic acids is 1. The topological polar surface area (TPSA) is 118 Å². The van der Waals surface area contributed by atoms with E-state index in [0.29, 0.717) is 29.7 Å². The number of aliphatic hydroxyl groups is 1. The fourth-order valence-corrected chi connectivity index (χ4v) is 5.10. The number of aromatic nitrogens is 1. The molecule has 1 aromatic heterocycles. The predicted octanol–water partition coefficient (Wildman–Crippen LogP) is 5.13. The Kier molecular flexibility index (Phi) is 6.50. The van der Waals surface area contributed by atoms with Crippen molar-refractivity contribution in [3.8, 4) is 0 Å². The van der Waals surface area contributed by atoms with Crippen molar-refractivity contribution in [2.45, 2.75) is 50.3 Å². The molecule has 1 aliphatic rings. The lowest BCUT2D eigenvalue weighted by molar-refractivity contribution is -0.252. The first-order valence-electron chi connectivity index (χ1n) is 10.6. The number of alkyl halides is 3. The molecule has 0 bridgehead atoms. The molecule has 1 amide bonds. The van der Waals surface area contributed by atoms with Gasteiger partial charge in [-0.3, -0.25) is 4.79 Å². The van der Waals surface area contributed by atoms with E-state index in [2.05, 4.69) is 15.0 Å². The van der Waals surface area contributed by atoms with Gasteiger partial charge in [0.05, 0.1) is 21.8 Å². The first kappa shape index (κ1) is 25.3. The van der Waals surface area contributed by atoms with Crippen LogP contribution in [0.1, 0.15) is 42.0 Å². The zero-order valence-corrected chi connectivity index (χ0v) is 19.8. The van der Waals surface area contributed by atoms with Crippen LogP contribution in [-0.2, 0) is 11.2 Å². The second kappa shape index (κ2) is 9.00. The fourth-order valence-electron chi connectivity index (χ4n) is 4.53. The average Bonchev–Trinajstić information content (AvgIpc) is 2.79. The molecule has 3 aromatic rings. The Labute approximate surface area is 207 Å². The van der Waals surface area contributed by atoms with Gasteiger partial charge in [0.1, 0.15) is 0 Å². The largest absolute Gasteiger partial charge is 0.426 e. The second-order valence-corrected chi connectivity index (χ2v) is 9.38. The monoisotopic (exact) mass is 529 g/mol. The van der Waals surface area contributed by atoms with Gasteiger partial charge in [-0.05, 0) is 67.5 Å². The minimum atomic E-state index is -5.30. The highest BCUT2D eigenvalue weighted by Crippen LogP contribution is 2.48. The summed E-state index contributed by atoms with van der Waals surface area (Å²) < 4.78 is 47.1. The number of nitrogens with one attached hydrogen (secondary N) is 1. The number of amides is 1. The summed E-state index contributed by atoms with van der Waals surface area (Å²) in [6, 6.07) is 5.25. The van der Waals surface area contributed by atoms with E-state index in [9.17, 15) is 27.9 Å². The Balaban J connectivity index is 1.70. The van der Waals surface area contributed by atoms with E-state index in [0.717, 1.165) is 0 Å². The van der Waals surface area contributed by atoms with Gasteiger partial charge in [0.2, 0.25) is 5.60 Å². The van der Waals surface area contributed by atoms with Crippen molar-refractivity contribution in [3.63, 3.8) is 0 Å².